The average molecular weight is 353 g/mol. The third-order valence-electron chi connectivity index (χ3n) is 4.74. The van der Waals surface area contributed by atoms with Crippen molar-refractivity contribution in [2.24, 2.45) is 5.92 Å². The van der Waals surface area contributed by atoms with Crippen molar-refractivity contribution < 1.29 is 14.7 Å². The molecule has 2 aromatic rings. The van der Waals surface area contributed by atoms with Crippen LogP contribution in [0.3, 0.4) is 0 Å². The molecule has 0 spiro atoms. The molecule has 136 valence electrons. The molecule has 26 heavy (non-hydrogen) atoms. The Labute approximate surface area is 152 Å². The molecule has 6 heteroatoms. The highest BCUT2D eigenvalue weighted by Crippen LogP contribution is 2.26. The van der Waals surface area contributed by atoms with Gasteiger partial charge in [0.1, 0.15) is 5.69 Å². The van der Waals surface area contributed by atoms with Crippen LogP contribution in [0.25, 0.3) is 0 Å². The lowest BCUT2D eigenvalue weighted by Crippen LogP contribution is -2.29. The zero-order valence-electron chi connectivity index (χ0n) is 14.5. The smallest absolute Gasteiger partial charge is 0.306 e. The number of carboxylic acid groups (broad SMARTS) is 1. The van der Waals surface area contributed by atoms with Crippen LogP contribution in [0.2, 0.25) is 0 Å². The predicted octanol–water partition coefficient (Wildman–Crippen LogP) is 3.07. The van der Waals surface area contributed by atoms with Crippen molar-refractivity contribution in [1.82, 2.24) is 10.3 Å². The first-order valence-electron chi connectivity index (χ1n) is 8.89. The maximum Gasteiger partial charge on any atom is 0.306 e. The van der Waals surface area contributed by atoms with E-state index < -0.39 is 5.97 Å². The van der Waals surface area contributed by atoms with E-state index in [0.29, 0.717) is 25.1 Å². The normalized spacial score (nSPS) is 19.5. The van der Waals surface area contributed by atoms with Crippen molar-refractivity contribution in [1.29, 1.82) is 0 Å². The zero-order valence-corrected chi connectivity index (χ0v) is 14.5. The van der Waals surface area contributed by atoms with Gasteiger partial charge in [-0.2, -0.15) is 0 Å². The highest BCUT2D eigenvalue weighted by Gasteiger charge is 2.25. The number of carbonyl (C=O) groups is 2. The molecule has 3 N–H and O–H groups in total. The molecule has 3 rings (SSSR count). The van der Waals surface area contributed by atoms with Crippen molar-refractivity contribution in [3.63, 3.8) is 0 Å². The van der Waals surface area contributed by atoms with Gasteiger partial charge in [0.15, 0.2) is 0 Å². The molecule has 0 saturated heterocycles. The van der Waals surface area contributed by atoms with Crippen LogP contribution in [0.1, 0.15) is 41.7 Å². The van der Waals surface area contributed by atoms with Crippen LogP contribution in [0, 0.1) is 5.92 Å². The van der Waals surface area contributed by atoms with E-state index in [1.165, 1.54) is 0 Å². The van der Waals surface area contributed by atoms with Crippen molar-refractivity contribution in [3.05, 3.63) is 59.9 Å². The molecule has 1 fully saturated rings. The van der Waals surface area contributed by atoms with Gasteiger partial charge in [-0.15, -0.1) is 0 Å². The summed E-state index contributed by atoms with van der Waals surface area (Å²) in [6.07, 6.45) is 4.61. The van der Waals surface area contributed by atoms with Crippen LogP contribution in [0.4, 0.5) is 5.69 Å². The third-order valence-corrected chi connectivity index (χ3v) is 4.74. The van der Waals surface area contributed by atoms with Gasteiger partial charge in [-0.25, -0.2) is 0 Å². The number of hydrogen-bond donors (Lipinski definition) is 3. The molecule has 0 bridgehead atoms. The minimum absolute atomic E-state index is 0.216. The van der Waals surface area contributed by atoms with Crippen molar-refractivity contribution >= 4 is 17.6 Å². The topological polar surface area (TPSA) is 91.3 Å². The van der Waals surface area contributed by atoms with Crippen molar-refractivity contribution in [2.75, 3.05) is 5.32 Å². The van der Waals surface area contributed by atoms with E-state index in [2.05, 4.69) is 15.6 Å². The highest BCUT2D eigenvalue weighted by molar-refractivity contribution is 5.93. The molecule has 0 aliphatic heterocycles. The first-order valence-corrected chi connectivity index (χ1v) is 8.89. The van der Waals surface area contributed by atoms with Crippen molar-refractivity contribution in [2.45, 2.75) is 38.3 Å². The second-order valence-corrected chi connectivity index (χ2v) is 6.63. The Morgan fingerprint density at radius 1 is 1.08 bits per heavy atom. The van der Waals surface area contributed by atoms with Gasteiger partial charge in [0.05, 0.1) is 5.92 Å². The number of hydrogen-bond acceptors (Lipinski definition) is 4. The molecule has 1 saturated carbocycles. The predicted molar refractivity (Wildman–Crippen MR) is 98.9 cm³/mol. The molecule has 1 aromatic heterocycles. The first kappa shape index (κ1) is 17.9. The fraction of sp³-hybridized carbons (Fsp3) is 0.350. The Hall–Kier alpha value is -2.89. The van der Waals surface area contributed by atoms with Crippen LogP contribution < -0.4 is 10.6 Å². The molecular formula is C20H23N3O3. The largest absolute Gasteiger partial charge is 0.481 e. The Balaban J connectivity index is 1.54. The van der Waals surface area contributed by atoms with Gasteiger partial charge in [-0.3, -0.25) is 14.6 Å². The SMILES string of the molecule is O=C(NCc1ccccc1)c1cc(NC2CCC(C(=O)O)CC2)ccn1. The summed E-state index contributed by atoms with van der Waals surface area (Å²) in [7, 11) is 0. The number of nitrogens with zero attached hydrogens (tertiary/aromatic N) is 1. The molecule has 0 radical (unpaired) electrons. The van der Waals surface area contributed by atoms with Gasteiger partial charge in [0.2, 0.25) is 0 Å². The summed E-state index contributed by atoms with van der Waals surface area (Å²) >= 11 is 0. The first-order chi connectivity index (χ1) is 12.6. The van der Waals surface area contributed by atoms with Gasteiger partial charge in [-0.05, 0) is 43.4 Å². The number of anilines is 1. The fourth-order valence-electron chi connectivity index (χ4n) is 3.23. The van der Waals surface area contributed by atoms with E-state index in [0.717, 1.165) is 24.1 Å². The average Bonchev–Trinajstić information content (AvgIpc) is 2.67. The molecule has 1 aromatic carbocycles. The highest BCUT2D eigenvalue weighted by atomic mass is 16.4. The van der Waals surface area contributed by atoms with Crippen LogP contribution in [-0.2, 0) is 11.3 Å². The molecule has 1 heterocycles. The van der Waals surface area contributed by atoms with Crippen LogP contribution >= 0.6 is 0 Å². The minimum Gasteiger partial charge on any atom is -0.481 e. The van der Waals surface area contributed by atoms with Crippen LogP contribution in [0.5, 0.6) is 0 Å². The minimum atomic E-state index is -0.704. The Morgan fingerprint density at radius 2 is 1.81 bits per heavy atom. The van der Waals surface area contributed by atoms with E-state index in [4.69, 9.17) is 5.11 Å². The maximum atomic E-state index is 12.3. The summed E-state index contributed by atoms with van der Waals surface area (Å²) in [6.45, 7) is 0.457. The number of amides is 1. The number of pyridine rings is 1. The number of aliphatic carboxylic acids is 1. The van der Waals surface area contributed by atoms with Gasteiger partial charge in [0.25, 0.3) is 5.91 Å². The number of nitrogens with one attached hydrogen (secondary N) is 2. The number of carbonyl (C=O) groups excluding carboxylic acids is 1. The summed E-state index contributed by atoms with van der Waals surface area (Å²) in [6, 6.07) is 13.5. The Morgan fingerprint density at radius 3 is 2.50 bits per heavy atom. The summed E-state index contributed by atoms with van der Waals surface area (Å²) < 4.78 is 0. The van der Waals surface area contributed by atoms with Crippen LogP contribution in [0.15, 0.2) is 48.7 Å². The molecule has 1 aliphatic carbocycles. The fourth-order valence-corrected chi connectivity index (χ4v) is 3.23. The van der Waals surface area contributed by atoms with Gasteiger partial charge >= 0.3 is 5.97 Å². The second-order valence-electron chi connectivity index (χ2n) is 6.63. The lowest BCUT2D eigenvalue weighted by Gasteiger charge is -2.27. The van der Waals surface area contributed by atoms with E-state index >= 15 is 0 Å². The molecule has 0 atom stereocenters. The lowest BCUT2D eigenvalue weighted by atomic mass is 9.86. The number of aromatic nitrogens is 1. The van der Waals surface area contributed by atoms with E-state index in [9.17, 15) is 9.59 Å². The Kier molecular flexibility index (Phi) is 5.84. The summed E-state index contributed by atoms with van der Waals surface area (Å²) in [5, 5.41) is 15.3. The van der Waals surface area contributed by atoms with E-state index in [1.54, 1.807) is 12.3 Å². The van der Waals surface area contributed by atoms with Crippen LogP contribution in [-0.4, -0.2) is 28.0 Å². The second kappa shape index (κ2) is 8.47. The molecule has 0 unspecified atom stereocenters. The third kappa shape index (κ3) is 4.81. The molecular weight excluding hydrogens is 330 g/mol. The molecule has 6 nitrogen and oxygen atoms in total. The summed E-state index contributed by atoms with van der Waals surface area (Å²) in [5.74, 6) is -1.15. The molecule has 1 aliphatic rings. The lowest BCUT2D eigenvalue weighted by molar-refractivity contribution is -0.142. The van der Waals surface area contributed by atoms with Crippen molar-refractivity contribution in [3.8, 4) is 0 Å². The summed E-state index contributed by atoms with van der Waals surface area (Å²) in [4.78, 5) is 27.5. The number of carboxylic acids is 1. The number of rotatable bonds is 6. The quantitative estimate of drug-likeness (QED) is 0.742. The maximum absolute atomic E-state index is 12.3. The van der Waals surface area contributed by atoms with Gasteiger partial charge in [0, 0.05) is 24.5 Å². The number of benzene rings is 1. The van der Waals surface area contributed by atoms with Gasteiger partial charge < -0.3 is 15.7 Å². The van der Waals surface area contributed by atoms with Gasteiger partial charge in [-0.1, -0.05) is 30.3 Å². The summed E-state index contributed by atoms with van der Waals surface area (Å²) in [5.41, 5.74) is 2.24. The standard InChI is InChI=1S/C20H23N3O3/c24-19(22-13-14-4-2-1-3-5-14)18-12-17(10-11-21-18)23-16-8-6-15(7-9-16)20(25)26/h1-5,10-12,15-16H,6-9,13H2,(H,21,23)(H,22,24)(H,25,26). The Bertz CT molecular complexity index is 756. The van der Waals surface area contributed by atoms with E-state index in [-0.39, 0.29) is 17.9 Å². The molecule has 1 amide bonds. The zero-order chi connectivity index (χ0) is 18.4. The van der Waals surface area contributed by atoms with E-state index in [1.807, 2.05) is 36.4 Å². The monoisotopic (exact) mass is 353 g/mol.